The molecule has 0 aliphatic rings. The fraction of sp³-hybridized carbons (Fsp3) is 0. The average molecular weight is 227 g/mol. The highest BCUT2D eigenvalue weighted by molar-refractivity contribution is 7.11. The third-order valence-corrected chi connectivity index (χ3v) is 2.56. The minimum atomic E-state index is 0.485. The zero-order chi connectivity index (χ0) is 9.97. The van der Waals surface area contributed by atoms with Gasteiger partial charge in [-0.25, -0.2) is 4.98 Å². The molecule has 0 bridgehead atoms. The van der Waals surface area contributed by atoms with Gasteiger partial charge in [0, 0.05) is 17.6 Å². The van der Waals surface area contributed by atoms with Crippen molar-refractivity contribution in [3.05, 3.63) is 34.8 Å². The summed E-state index contributed by atoms with van der Waals surface area (Å²) in [6, 6.07) is 5.12. The van der Waals surface area contributed by atoms with E-state index in [0.717, 1.165) is 0 Å². The summed E-state index contributed by atoms with van der Waals surface area (Å²) >= 11 is 7.25. The molecule has 2 N–H and O–H groups in total. The van der Waals surface area contributed by atoms with Crippen molar-refractivity contribution in [2.75, 3.05) is 5.73 Å². The predicted molar refractivity (Wildman–Crippen MR) is 58.1 cm³/mol. The average Bonchev–Trinajstić information content (AvgIpc) is 2.64. The van der Waals surface area contributed by atoms with Crippen molar-refractivity contribution in [2.24, 2.45) is 0 Å². The Morgan fingerprint density at radius 2 is 2.29 bits per heavy atom. The molecule has 0 aliphatic carbocycles. The van der Waals surface area contributed by atoms with Gasteiger partial charge in [0.05, 0.1) is 10.7 Å². The largest absolute Gasteiger partial charge is 0.431 e. The Bertz CT molecular complexity index is 430. The van der Waals surface area contributed by atoms with Crippen LogP contribution in [0.3, 0.4) is 0 Å². The van der Waals surface area contributed by atoms with Crippen LogP contribution in [0.1, 0.15) is 0 Å². The van der Waals surface area contributed by atoms with E-state index >= 15 is 0 Å². The summed E-state index contributed by atoms with van der Waals surface area (Å²) < 4.78 is 5.42. The van der Waals surface area contributed by atoms with Gasteiger partial charge in [-0.05, 0) is 12.1 Å². The molecule has 14 heavy (non-hydrogen) atoms. The van der Waals surface area contributed by atoms with E-state index in [2.05, 4.69) is 4.98 Å². The summed E-state index contributed by atoms with van der Waals surface area (Å²) in [5.41, 5.74) is 6.10. The summed E-state index contributed by atoms with van der Waals surface area (Å²) in [5.74, 6) is 0.638. The number of nitrogen functional groups attached to an aromatic ring is 1. The summed E-state index contributed by atoms with van der Waals surface area (Å²) in [4.78, 5) is 3.99. The molecule has 0 saturated carbocycles. The number of hydrogen-bond donors (Lipinski definition) is 1. The summed E-state index contributed by atoms with van der Waals surface area (Å²) in [7, 11) is 0. The number of nitrogens with two attached hydrogens (primary N) is 1. The number of benzene rings is 1. The van der Waals surface area contributed by atoms with E-state index in [1.165, 1.54) is 11.3 Å². The minimum Gasteiger partial charge on any atom is -0.431 e. The molecule has 0 atom stereocenters. The quantitative estimate of drug-likeness (QED) is 0.801. The smallest absolute Gasteiger partial charge is 0.278 e. The topological polar surface area (TPSA) is 48.1 Å². The van der Waals surface area contributed by atoms with Crippen molar-refractivity contribution in [2.45, 2.75) is 0 Å². The third kappa shape index (κ3) is 1.97. The Balaban J connectivity index is 2.22. The first-order valence-electron chi connectivity index (χ1n) is 3.88. The zero-order valence-corrected chi connectivity index (χ0v) is 8.68. The van der Waals surface area contributed by atoms with Crippen LogP contribution in [0, 0.1) is 0 Å². The fourth-order valence-electron chi connectivity index (χ4n) is 0.933. The standard InChI is InChI=1S/C9H7ClN2OS/c10-7-5-6(1-2-8(7)11)13-9-12-3-4-14-9/h1-5H,11H2. The molecule has 0 unspecified atom stereocenters. The van der Waals surface area contributed by atoms with E-state index in [1.54, 1.807) is 24.4 Å². The number of halogens is 1. The fourth-order valence-corrected chi connectivity index (χ4v) is 1.61. The Hall–Kier alpha value is -1.26. The van der Waals surface area contributed by atoms with Crippen LogP contribution in [-0.2, 0) is 0 Å². The number of ether oxygens (including phenoxy) is 1. The SMILES string of the molecule is Nc1ccc(Oc2nccs2)cc1Cl. The molecule has 0 amide bonds. The maximum Gasteiger partial charge on any atom is 0.278 e. The second-order valence-electron chi connectivity index (χ2n) is 2.58. The molecule has 0 spiro atoms. The maximum absolute atomic E-state index is 5.83. The molecule has 1 aromatic heterocycles. The van der Waals surface area contributed by atoms with Crippen LogP contribution in [0.4, 0.5) is 5.69 Å². The van der Waals surface area contributed by atoms with Crippen LogP contribution in [0.2, 0.25) is 5.02 Å². The van der Waals surface area contributed by atoms with Crippen LogP contribution in [0.25, 0.3) is 0 Å². The van der Waals surface area contributed by atoms with Crippen molar-refractivity contribution in [1.82, 2.24) is 4.98 Å². The van der Waals surface area contributed by atoms with Gasteiger partial charge in [0.2, 0.25) is 0 Å². The third-order valence-electron chi connectivity index (χ3n) is 1.59. The monoisotopic (exact) mass is 226 g/mol. The van der Waals surface area contributed by atoms with Crippen LogP contribution < -0.4 is 10.5 Å². The van der Waals surface area contributed by atoms with Crippen LogP contribution >= 0.6 is 22.9 Å². The van der Waals surface area contributed by atoms with Crippen molar-refractivity contribution in [1.29, 1.82) is 0 Å². The van der Waals surface area contributed by atoms with E-state index in [1.807, 2.05) is 5.38 Å². The van der Waals surface area contributed by atoms with Crippen molar-refractivity contribution >= 4 is 28.6 Å². The van der Waals surface area contributed by atoms with Crippen molar-refractivity contribution < 1.29 is 4.74 Å². The Kier molecular flexibility index (Phi) is 2.56. The molecule has 5 heteroatoms. The van der Waals surface area contributed by atoms with E-state index < -0.39 is 0 Å². The molecule has 1 heterocycles. The van der Waals surface area contributed by atoms with Gasteiger partial charge in [0.15, 0.2) is 0 Å². The molecule has 0 saturated heterocycles. The van der Waals surface area contributed by atoms with Gasteiger partial charge in [-0.15, -0.1) is 0 Å². The highest BCUT2D eigenvalue weighted by Gasteiger charge is 2.02. The first-order chi connectivity index (χ1) is 6.75. The lowest BCUT2D eigenvalue weighted by atomic mass is 10.3. The molecular formula is C9H7ClN2OS. The molecule has 2 aromatic rings. The van der Waals surface area contributed by atoms with Gasteiger partial charge in [-0.2, -0.15) is 0 Å². The van der Waals surface area contributed by atoms with E-state index in [4.69, 9.17) is 22.1 Å². The number of aromatic nitrogens is 1. The van der Waals surface area contributed by atoms with Gasteiger partial charge in [0.25, 0.3) is 5.19 Å². The Morgan fingerprint density at radius 3 is 2.93 bits per heavy atom. The lowest BCUT2D eigenvalue weighted by molar-refractivity contribution is 0.479. The molecule has 0 aliphatic heterocycles. The van der Waals surface area contributed by atoms with E-state index in [0.29, 0.717) is 21.7 Å². The van der Waals surface area contributed by atoms with Crippen LogP contribution in [0.5, 0.6) is 10.9 Å². The summed E-state index contributed by atoms with van der Waals surface area (Å²) in [6.45, 7) is 0. The first-order valence-corrected chi connectivity index (χ1v) is 5.14. The summed E-state index contributed by atoms with van der Waals surface area (Å²) in [5, 5.41) is 2.92. The van der Waals surface area contributed by atoms with Gasteiger partial charge in [-0.3, -0.25) is 0 Å². The number of anilines is 1. The summed E-state index contributed by atoms with van der Waals surface area (Å²) in [6.07, 6.45) is 1.68. The van der Waals surface area contributed by atoms with Crippen LogP contribution in [-0.4, -0.2) is 4.98 Å². The van der Waals surface area contributed by atoms with Gasteiger partial charge < -0.3 is 10.5 Å². The van der Waals surface area contributed by atoms with Crippen molar-refractivity contribution in [3.63, 3.8) is 0 Å². The molecule has 72 valence electrons. The second-order valence-corrected chi connectivity index (χ2v) is 3.85. The molecule has 2 rings (SSSR count). The van der Waals surface area contributed by atoms with Gasteiger partial charge in [0.1, 0.15) is 5.75 Å². The molecule has 1 aromatic carbocycles. The molecular weight excluding hydrogens is 220 g/mol. The number of rotatable bonds is 2. The highest BCUT2D eigenvalue weighted by Crippen LogP contribution is 2.28. The normalized spacial score (nSPS) is 10.1. The number of nitrogens with zero attached hydrogens (tertiary/aromatic N) is 1. The number of hydrogen-bond acceptors (Lipinski definition) is 4. The van der Waals surface area contributed by atoms with Crippen molar-refractivity contribution in [3.8, 4) is 10.9 Å². The van der Waals surface area contributed by atoms with Gasteiger partial charge in [-0.1, -0.05) is 22.9 Å². The lowest BCUT2D eigenvalue weighted by Gasteiger charge is -2.03. The number of thiazole rings is 1. The maximum atomic E-state index is 5.83. The van der Waals surface area contributed by atoms with E-state index in [9.17, 15) is 0 Å². The lowest BCUT2D eigenvalue weighted by Crippen LogP contribution is -1.87. The highest BCUT2D eigenvalue weighted by atomic mass is 35.5. The zero-order valence-electron chi connectivity index (χ0n) is 7.11. The van der Waals surface area contributed by atoms with Crippen LogP contribution in [0.15, 0.2) is 29.8 Å². The second kappa shape index (κ2) is 3.86. The predicted octanol–water partition coefficient (Wildman–Crippen LogP) is 3.17. The molecule has 0 radical (unpaired) electrons. The Labute approximate surface area is 90.1 Å². The minimum absolute atomic E-state index is 0.485. The molecule has 0 fully saturated rings. The molecule has 3 nitrogen and oxygen atoms in total. The first kappa shape index (κ1) is 9.30. The Morgan fingerprint density at radius 1 is 1.43 bits per heavy atom. The van der Waals surface area contributed by atoms with E-state index in [-0.39, 0.29) is 0 Å². The van der Waals surface area contributed by atoms with Gasteiger partial charge >= 0.3 is 0 Å².